The third kappa shape index (κ3) is 1.95. The zero-order valence-electron chi connectivity index (χ0n) is 10.0. The molecule has 0 bridgehead atoms. The van der Waals surface area contributed by atoms with E-state index < -0.39 is 0 Å². The first-order chi connectivity index (χ1) is 8.86. The molecule has 0 saturated heterocycles. The minimum Gasteiger partial charge on any atom is -0.486 e. The van der Waals surface area contributed by atoms with Crippen LogP contribution in [0.1, 0.15) is 0 Å². The molecule has 0 aliphatic carbocycles. The Balaban J connectivity index is 1.95. The van der Waals surface area contributed by atoms with Gasteiger partial charge in [-0.2, -0.15) is 0 Å². The Kier molecular flexibility index (Phi) is 2.72. The largest absolute Gasteiger partial charge is 0.486 e. The maximum atomic E-state index is 5.55. The van der Waals surface area contributed by atoms with E-state index in [0.29, 0.717) is 19.2 Å². The predicted octanol–water partition coefficient (Wildman–Crippen LogP) is 1.96. The number of ether oxygens (including phenoxy) is 2. The van der Waals surface area contributed by atoms with Crippen LogP contribution in [0.5, 0.6) is 11.5 Å². The van der Waals surface area contributed by atoms with Gasteiger partial charge in [-0.15, -0.1) is 0 Å². The van der Waals surface area contributed by atoms with Crippen molar-refractivity contribution in [3.05, 3.63) is 30.6 Å². The van der Waals surface area contributed by atoms with Crippen LogP contribution in [-0.4, -0.2) is 30.2 Å². The summed E-state index contributed by atoms with van der Waals surface area (Å²) >= 11 is 0. The molecule has 0 amide bonds. The van der Waals surface area contributed by atoms with Crippen LogP contribution in [0.3, 0.4) is 0 Å². The van der Waals surface area contributed by atoms with Gasteiger partial charge in [0.2, 0.25) is 5.95 Å². The maximum Gasteiger partial charge on any atom is 0.222 e. The standard InChI is InChI=1S/C13H13N3O2/c1-14-13-15-7-10(8-16-13)9-2-3-11-12(6-9)18-5-4-17-11/h2-3,6-8H,4-5H2,1H3,(H,14,15,16). The van der Waals surface area contributed by atoms with E-state index in [1.54, 1.807) is 19.4 Å². The van der Waals surface area contributed by atoms with Crippen LogP contribution in [0.4, 0.5) is 5.95 Å². The Hall–Kier alpha value is -2.30. The summed E-state index contributed by atoms with van der Waals surface area (Å²) in [6.45, 7) is 1.19. The van der Waals surface area contributed by atoms with Gasteiger partial charge in [0.1, 0.15) is 13.2 Å². The lowest BCUT2D eigenvalue weighted by Crippen LogP contribution is -2.15. The lowest BCUT2D eigenvalue weighted by molar-refractivity contribution is 0.171. The molecule has 2 heterocycles. The number of anilines is 1. The smallest absolute Gasteiger partial charge is 0.222 e. The van der Waals surface area contributed by atoms with Crippen molar-refractivity contribution in [1.29, 1.82) is 0 Å². The molecule has 18 heavy (non-hydrogen) atoms. The number of nitrogens with zero attached hydrogens (tertiary/aromatic N) is 2. The predicted molar refractivity (Wildman–Crippen MR) is 68.0 cm³/mol. The SMILES string of the molecule is CNc1ncc(-c2ccc3c(c2)OCCO3)cn1. The highest BCUT2D eigenvalue weighted by Crippen LogP contribution is 2.34. The van der Waals surface area contributed by atoms with E-state index in [1.165, 1.54) is 0 Å². The molecular formula is C13H13N3O2. The van der Waals surface area contributed by atoms with Crippen molar-refractivity contribution >= 4 is 5.95 Å². The Bertz CT molecular complexity index is 555. The average molecular weight is 243 g/mol. The summed E-state index contributed by atoms with van der Waals surface area (Å²) in [6, 6.07) is 5.84. The number of hydrogen-bond donors (Lipinski definition) is 1. The normalized spacial score (nSPS) is 13.2. The van der Waals surface area contributed by atoms with E-state index in [4.69, 9.17) is 9.47 Å². The van der Waals surface area contributed by atoms with E-state index >= 15 is 0 Å². The van der Waals surface area contributed by atoms with Gasteiger partial charge in [-0.25, -0.2) is 9.97 Å². The lowest BCUT2D eigenvalue weighted by atomic mass is 10.1. The molecule has 92 valence electrons. The molecule has 1 aromatic heterocycles. The Morgan fingerprint density at radius 2 is 1.72 bits per heavy atom. The average Bonchev–Trinajstić information content (AvgIpc) is 2.47. The molecule has 0 atom stereocenters. The zero-order chi connectivity index (χ0) is 12.4. The summed E-state index contributed by atoms with van der Waals surface area (Å²) in [5, 5.41) is 2.89. The highest BCUT2D eigenvalue weighted by atomic mass is 16.6. The Labute approximate surface area is 105 Å². The van der Waals surface area contributed by atoms with E-state index in [2.05, 4.69) is 15.3 Å². The molecule has 1 N–H and O–H groups in total. The number of nitrogens with one attached hydrogen (secondary N) is 1. The van der Waals surface area contributed by atoms with E-state index in [-0.39, 0.29) is 0 Å². The maximum absolute atomic E-state index is 5.55. The first-order valence-electron chi connectivity index (χ1n) is 5.76. The molecule has 0 fully saturated rings. The number of aromatic nitrogens is 2. The van der Waals surface area contributed by atoms with Gasteiger partial charge < -0.3 is 14.8 Å². The van der Waals surface area contributed by atoms with Crippen LogP contribution < -0.4 is 14.8 Å². The van der Waals surface area contributed by atoms with Crippen LogP contribution in [-0.2, 0) is 0 Å². The van der Waals surface area contributed by atoms with Gasteiger partial charge >= 0.3 is 0 Å². The summed E-state index contributed by atoms with van der Waals surface area (Å²) in [7, 11) is 1.79. The Morgan fingerprint density at radius 3 is 2.44 bits per heavy atom. The molecule has 0 saturated carbocycles. The Morgan fingerprint density at radius 1 is 1.00 bits per heavy atom. The molecule has 2 aromatic rings. The van der Waals surface area contributed by atoms with Crippen LogP contribution in [0.15, 0.2) is 30.6 Å². The fourth-order valence-electron chi connectivity index (χ4n) is 1.83. The fraction of sp³-hybridized carbons (Fsp3) is 0.231. The van der Waals surface area contributed by atoms with Gasteiger partial charge in [-0.1, -0.05) is 6.07 Å². The molecule has 3 rings (SSSR count). The van der Waals surface area contributed by atoms with Crippen molar-refractivity contribution < 1.29 is 9.47 Å². The van der Waals surface area contributed by atoms with Gasteiger partial charge in [0.15, 0.2) is 11.5 Å². The van der Waals surface area contributed by atoms with Crippen molar-refractivity contribution in [2.45, 2.75) is 0 Å². The second-order valence-corrected chi connectivity index (χ2v) is 3.90. The van der Waals surface area contributed by atoms with Gasteiger partial charge in [0.25, 0.3) is 0 Å². The second-order valence-electron chi connectivity index (χ2n) is 3.90. The minimum atomic E-state index is 0.589. The van der Waals surface area contributed by atoms with Crippen LogP contribution in [0.2, 0.25) is 0 Å². The van der Waals surface area contributed by atoms with Crippen molar-refractivity contribution in [3.8, 4) is 22.6 Å². The fourth-order valence-corrected chi connectivity index (χ4v) is 1.83. The van der Waals surface area contributed by atoms with Crippen molar-refractivity contribution in [3.63, 3.8) is 0 Å². The van der Waals surface area contributed by atoms with E-state index in [0.717, 1.165) is 22.6 Å². The molecular weight excluding hydrogens is 230 g/mol. The molecule has 0 spiro atoms. The highest BCUT2D eigenvalue weighted by molar-refractivity contribution is 5.66. The van der Waals surface area contributed by atoms with Gasteiger partial charge in [0, 0.05) is 25.0 Å². The molecule has 0 unspecified atom stereocenters. The summed E-state index contributed by atoms with van der Waals surface area (Å²) in [5.41, 5.74) is 1.97. The molecule has 1 aromatic carbocycles. The van der Waals surface area contributed by atoms with Crippen molar-refractivity contribution in [2.75, 3.05) is 25.6 Å². The minimum absolute atomic E-state index is 0.589. The third-order valence-corrected chi connectivity index (χ3v) is 2.75. The van der Waals surface area contributed by atoms with E-state index in [1.807, 2.05) is 18.2 Å². The monoisotopic (exact) mass is 243 g/mol. The molecule has 5 nitrogen and oxygen atoms in total. The summed E-state index contributed by atoms with van der Waals surface area (Å²) in [5.74, 6) is 2.17. The van der Waals surface area contributed by atoms with Crippen molar-refractivity contribution in [2.24, 2.45) is 0 Å². The second kappa shape index (κ2) is 4.52. The van der Waals surface area contributed by atoms with Gasteiger partial charge in [0.05, 0.1) is 0 Å². The molecule has 1 aliphatic heterocycles. The zero-order valence-corrected chi connectivity index (χ0v) is 10.0. The summed E-state index contributed by atoms with van der Waals surface area (Å²) in [6.07, 6.45) is 3.56. The summed E-state index contributed by atoms with van der Waals surface area (Å²) in [4.78, 5) is 8.38. The number of benzene rings is 1. The topological polar surface area (TPSA) is 56.3 Å². The van der Waals surface area contributed by atoms with E-state index in [9.17, 15) is 0 Å². The quantitative estimate of drug-likeness (QED) is 0.873. The number of rotatable bonds is 2. The number of hydrogen-bond acceptors (Lipinski definition) is 5. The first kappa shape index (κ1) is 10.8. The lowest BCUT2D eigenvalue weighted by Gasteiger charge is -2.18. The van der Waals surface area contributed by atoms with Crippen LogP contribution >= 0.6 is 0 Å². The number of fused-ring (bicyclic) bond motifs is 1. The molecule has 5 heteroatoms. The third-order valence-electron chi connectivity index (χ3n) is 2.75. The van der Waals surface area contributed by atoms with Crippen LogP contribution in [0.25, 0.3) is 11.1 Å². The van der Waals surface area contributed by atoms with Gasteiger partial charge in [-0.3, -0.25) is 0 Å². The summed E-state index contributed by atoms with van der Waals surface area (Å²) < 4.78 is 11.0. The van der Waals surface area contributed by atoms with Crippen molar-refractivity contribution in [1.82, 2.24) is 9.97 Å². The molecule has 0 radical (unpaired) electrons. The van der Waals surface area contributed by atoms with Gasteiger partial charge in [-0.05, 0) is 17.7 Å². The molecule has 1 aliphatic rings. The van der Waals surface area contributed by atoms with Crippen LogP contribution in [0, 0.1) is 0 Å². The first-order valence-corrected chi connectivity index (χ1v) is 5.76. The highest BCUT2D eigenvalue weighted by Gasteiger charge is 2.12.